The van der Waals surface area contributed by atoms with Gasteiger partial charge in [0.1, 0.15) is 11.3 Å². The number of aliphatic hydroxyl groups excluding tert-OH is 1. The molecule has 1 unspecified atom stereocenters. The van der Waals surface area contributed by atoms with E-state index >= 15 is 0 Å². The molecule has 1 atom stereocenters. The monoisotopic (exact) mass is 305 g/mol. The molecule has 0 saturated heterocycles. The van der Waals surface area contributed by atoms with Gasteiger partial charge in [0.2, 0.25) is 0 Å². The summed E-state index contributed by atoms with van der Waals surface area (Å²) in [5, 5.41) is 11.8. The smallest absolute Gasteiger partial charge is 0.282 e. The molecule has 0 bridgehead atoms. The molecule has 0 aliphatic carbocycles. The zero-order chi connectivity index (χ0) is 16.7. The van der Waals surface area contributed by atoms with Crippen LogP contribution >= 0.6 is 0 Å². The quantitative estimate of drug-likeness (QED) is 0.868. The Balaban J connectivity index is 2.53. The number of aliphatic hydroxyl groups is 1. The lowest BCUT2D eigenvalue weighted by molar-refractivity contribution is -0.276. The van der Waals surface area contributed by atoms with Crippen molar-refractivity contribution in [2.75, 3.05) is 7.11 Å². The highest BCUT2D eigenvalue weighted by molar-refractivity contribution is 6.23. The van der Waals surface area contributed by atoms with E-state index in [-0.39, 0.29) is 11.7 Å². The highest BCUT2D eigenvalue weighted by Gasteiger charge is 2.48. The van der Waals surface area contributed by atoms with Gasteiger partial charge in [0.25, 0.3) is 5.91 Å². The highest BCUT2D eigenvalue weighted by atomic mass is 16.8. The SMILES string of the molecule is COC(C)ON1C(=O)C(c2c(C)cccc2C)=C(O)C1(C)C. The van der Waals surface area contributed by atoms with Gasteiger partial charge in [0, 0.05) is 7.11 Å². The van der Waals surface area contributed by atoms with E-state index in [0.717, 1.165) is 16.7 Å². The van der Waals surface area contributed by atoms with Crippen LogP contribution < -0.4 is 0 Å². The molecule has 22 heavy (non-hydrogen) atoms. The van der Waals surface area contributed by atoms with Gasteiger partial charge in [-0.3, -0.25) is 4.79 Å². The molecule has 0 fully saturated rings. The molecular weight excluding hydrogens is 282 g/mol. The van der Waals surface area contributed by atoms with Gasteiger partial charge in [0.05, 0.1) is 5.57 Å². The Bertz CT molecular complexity index is 613. The Hall–Kier alpha value is -1.85. The number of benzene rings is 1. The zero-order valence-corrected chi connectivity index (χ0v) is 13.9. The molecular formula is C17H23NO4. The third-order valence-electron chi connectivity index (χ3n) is 4.04. The summed E-state index contributed by atoms with van der Waals surface area (Å²) < 4.78 is 5.06. The second kappa shape index (κ2) is 5.74. The van der Waals surface area contributed by atoms with E-state index in [0.29, 0.717) is 5.57 Å². The maximum absolute atomic E-state index is 12.8. The van der Waals surface area contributed by atoms with E-state index in [9.17, 15) is 9.90 Å². The second-order valence-corrected chi connectivity index (χ2v) is 6.06. The van der Waals surface area contributed by atoms with Gasteiger partial charge in [-0.05, 0) is 51.3 Å². The Morgan fingerprint density at radius 1 is 1.23 bits per heavy atom. The molecule has 1 aromatic rings. The van der Waals surface area contributed by atoms with E-state index in [2.05, 4.69) is 0 Å². The van der Waals surface area contributed by atoms with E-state index < -0.39 is 11.8 Å². The molecule has 120 valence electrons. The molecule has 0 saturated carbocycles. The van der Waals surface area contributed by atoms with Crippen molar-refractivity contribution in [3.8, 4) is 0 Å². The minimum Gasteiger partial charge on any atom is -0.509 e. The number of nitrogens with zero attached hydrogens (tertiary/aromatic N) is 1. The predicted molar refractivity (Wildman–Crippen MR) is 83.9 cm³/mol. The van der Waals surface area contributed by atoms with Gasteiger partial charge in [-0.25, -0.2) is 9.90 Å². The van der Waals surface area contributed by atoms with Crippen molar-refractivity contribution in [3.63, 3.8) is 0 Å². The molecule has 1 N–H and O–H groups in total. The molecule has 0 radical (unpaired) electrons. The van der Waals surface area contributed by atoms with Crippen LogP contribution in [0.15, 0.2) is 24.0 Å². The molecule has 0 spiro atoms. The van der Waals surface area contributed by atoms with Crippen molar-refractivity contribution in [1.82, 2.24) is 5.06 Å². The number of hydroxylamine groups is 2. The number of amides is 1. The fourth-order valence-corrected chi connectivity index (χ4v) is 2.66. The molecule has 1 aromatic carbocycles. The Morgan fingerprint density at radius 2 is 1.77 bits per heavy atom. The van der Waals surface area contributed by atoms with E-state index in [4.69, 9.17) is 9.57 Å². The topological polar surface area (TPSA) is 59.0 Å². The van der Waals surface area contributed by atoms with Crippen molar-refractivity contribution in [2.45, 2.75) is 46.4 Å². The fourth-order valence-electron chi connectivity index (χ4n) is 2.66. The highest BCUT2D eigenvalue weighted by Crippen LogP contribution is 2.40. The standard InChI is InChI=1S/C17H23NO4/c1-10-8-7-9-11(2)13(10)14-15(19)17(4,5)18(16(14)20)22-12(3)21-6/h7-9,12,19H,1-6H3. The molecule has 5 heteroatoms. The maximum Gasteiger partial charge on any atom is 0.282 e. The van der Waals surface area contributed by atoms with Crippen molar-refractivity contribution in [3.05, 3.63) is 40.6 Å². The third kappa shape index (κ3) is 2.51. The van der Waals surface area contributed by atoms with Crippen molar-refractivity contribution < 1.29 is 19.5 Å². The van der Waals surface area contributed by atoms with Gasteiger partial charge < -0.3 is 9.84 Å². The van der Waals surface area contributed by atoms with Crippen molar-refractivity contribution in [1.29, 1.82) is 0 Å². The summed E-state index contributed by atoms with van der Waals surface area (Å²) in [4.78, 5) is 18.4. The van der Waals surface area contributed by atoms with Crippen LogP contribution in [-0.4, -0.2) is 35.0 Å². The van der Waals surface area contributed by atoms with Crippen LogP contribution in [0.2, 0.25) is 0 Å². The molecule has 1 heterocycles. The second-order valence-electron chi connectivity index (χ2n) is 6.06. The number of carbonyl (C=O) groups excluding carboxylic acids is 1. The number of ether oxygens (including phenoxy) is 1. The first kappa shape index (κ1) is 16.5. The van der Waals surface area contributed by atoms with Crippen LogP contribution in [0.25, 0.3) is 5.57 Å². The minimum absolute atomic E-state index is 0.0122. The Kier molecular flexibility index (Phi) is 4.31. The van der Waals surface area contributed by atoms with Crippen LogP contribution in [0.5, 0.6) is 0 Å². The normalized spacial score (nSPS) is 19.0. The fraction of sp³-hybridized carbons (Fsp3) is 0.471. The zero-order valence-electron chi connectivity index (χ0n) is 13.9. The van der Waals surface area contributed by atoms with Crippen LogP contribution in [0.4, 0.5) is 0 Å². The van der Waals surface area contributed by atoms with Gasteiger partial charge >= 0.3 is 0 Å². The summed E-state index contributed by atoms with van der Waals surface area (Å²) in [6, 6.07) is 5.77. The van der Waals surface area contributed by atoms with E-state index in [1.807, 2.05) is 32.0 Å². The first-order valence-corrected chi connectivity index (χ1v) is 7.26. The lowest BCUT2D eigenvalue weighted by Crippen LogP contribution is -2.45. The molecule has 1 amide bonds. The van der Waals surface area contributed by atoms with Crippen LogP contribution in [-0.2, 0) is 14.4 Å². The number of carbonyl (C=O) groups is 1. The molecule has 2 rings (SSSR count). The van der Waals surface area contributed by atoms with Crippen LogP contribution in [0.3, 0.4) is 0 Å². The summed E-state index contributed by atoms with van der Waals surface area (Å²) in [7, 11) is 1.50. The summed E-state index contributed by atoms with van der Waals surface area (Å²) in [5.41, 5.74) is 1.98. The number of hydrogen-bond acceptors (Lipinski definition) is 4. The number of aryl methyl sites for hydroxylation is 2. The average molecular weight is 305 g/mol. The van der Waals surface area contributed by atoms with Gasteiger partial charge in [-0.2, -0.15) is 0 Å². The molecule has 0 aromatic heterocycles. The summed E-state index contributed by atoms with van der Waals surface area (Å²) in [6.07, 6.45) is -0.589. The van der Waals surface area contributed by atoms with Gasteiger partial charge in [-0.1, -0.05) is 18.2 Å². The number of hydrogen-bond donors (Lipinski definition) is 1. The Morgan fingerprint density at radius 3 is 2.27 bits per heavy atom. The molecule has 1 aliphatic heterocycles. The maximum atomic E-state index is 12.8. The predicted octanol–water partition coefficient (Wildman–Crippen LogP) is 3.12. The Labute approximate surface area is 131 Å². The first-order valence-electron chi connectivity index (χ1n) is 7.26. The lowest BCUT2D eigenvalue weighted by Gasteiger charge is -2.32. The third-order valence-corrected chi connectivity index (χ3v) is 4.04. The minimum atomic E-state index is -0.950. The summed E-state index contributed by atoms with van der Waals surface area (Å²) >= 11 is 0. The lowest BCUT2D eigenvalue weighted by atomic mass is 9.93. The largest absolute Gasteiger partial charge is 0.509 e. The molecule has 5 nitrogen and oxygen atoms in total. The van der Waals surface area contributed by atoms with Crippen molar-refractivity contribution in [2.24, 2.45) is 0 Å². The van der Waals surface area contributed by atoms with Gasteiger partial charge in [0.15, 0.2) is 6.29 Å². The number of rotatable bonds is 4. The van der Waals surface area contributed by atoms with Crippen LogP contribution in [0, 0.1) is 13.8 Å². The van der Waals surface area contributed by atoms with Gasteiger partial charge in [-0.15, -0.1) is 0 Å². The van der Waals surface area contributed by atoms with Crippen molar-refractivity contribution >= 4 is 11.5 Å². The average Bonchev–Trinajstić information content (AvgIpc) is 2.61. The summed E-state index contributed by atoms with van der Waals surface area (Å²) in [6.45, 7) is 9.01. The summed E-state index contributed by atoms with van der Waals surface area (Å²) in [5.74, 6) is -0.345. The van der Waals surface area contributed by atoms with Crippen LogP contribution in [0.1, 0.15) is 37.5 Å². The first-order chi connectivity index (χ1) is 10.2. The number of methoxy groups -OCH3 is 1. The van der Waals surface area contributed by atoms with E-state index in [1.165, 1.54) is 12.2 Å². The van der Waals surface area contributed by atoms with E-state index in [1.54, 1.807) is 20.8 Å². The molecule has 1 aliphatic rings.